The number of esters is 1. The predicted molar refractivity (Wildman–Crippen MR) is 186 cm³/mol. The van der Waals surface area contributed by atoms with Crippen LogP contribution < -0.4 is 14.2 Å². The van der Waals surface area contributed by atoms with Crippen molar-refractivity contribution in [1.82, 2.24) is 0 Å². The van der Waals surface area contributed by atoms with E-state index in [0.717, 1.165) is 12.1 Å². The van der Waals surface area contributed by atoms with Gasteiger partial charge >= 0.3 is 17.3 Å². The molecule has 0 saturated carbocycles. The van der Waals surface area contributed by atoms with Gasteiger partial charge in [-0.2, -0.15) is 0 Å². The molecule has 0 aliphatic carbocycles. The number of hydrogen-bond donors (Lipinski definition) is 10. The molecular weight excluding hydrogens is 732 g/mol. The van der Waals surface area contributed by atoms with Crippen LogP contribution in [-0.2, 0) is 19.0 Å². The molecule has 18 nitrogen and oxygen atoms in total. The lowest BCUT2D eigenvalue weighted by molar-refractivity contribution is -0.278. The highest BCUT2D eigenvalue weighted by molar-refractivity contribution is 5.89. The van der Waals surface area contributed by atoms with Crippen LogP contribution in [0.4, 0.5) is 0 Å². The van der Waals surface area contributed by atoms with Gasteiger partial charge in [-0.3, -0.25) is 0 Å². The van der Waals surface area contributed by atoms with Crippen LogP contribution in [0.15, 0.2) is 71.2 Å². The number of aliphatic hydroxyl groups excluding tert-OH is 7. The quantitative estimate of drug-likeness (QED) is 0.0551. The summed E-state index contributed by atoms with van der Waals surface area (Å²) in [5.74, 6) is -1.68. The highest BCUT2D eigenvalue weighted by Gasteiger charge is 2.47. The molecule has 3 heterocycles. The molecule has 2 fully saturated rings. The third-order valence-corrected chi connectivity index (χ3v) is 8.94. The fourth-order valence-electron chi connectivity index (χ4n) is 5.91. The number of rotatable bonds is 11. The van der Waals surface area contributed by atoms with E-state index in [1.54, 1.807) is 0 Å². The topological polar surface area (TPSA) is 286 Å². The van der Waals surface area contributed by atoms with Gasteiger partial charge < -0.3 is 79.5 Å². The van der Waals surface area contributed by atoms with Crippen LogP contribution in [-0.4, -0.2) is 139 Å². The second-order valence-electron chi connectivity index (χ2n) is 12.7. The zero-order valence-corrected chi connectivity index (χ0v) is 28.9. The third-order valence-electron chi connectivity index (χ3n) is 8.94. The average Bonchev–Trinajstić information content (AvgIpc) is 3.17. The van der Waals surface area contributed by atoms with E-state index < -0.39 is 80.6 Å². The van der Waals surface area contributed by atoms with E-state index in [4.69, 9.17) is 32.8 Å². The van der Waals surface area contributed by atoms with Crippen LogP contribution in [0.3, 0.4) is 0 Å². The lowest BCUT2D eigenvalue weighted by Gasteiger charge is -2.39. The Labute approximate surface area is 311 Å². The first kappa shape index (κ1) is 39.4. The Balaban J connectivity index is 1.28. The summed E-state index contributed by atoms with van der Waals surface area (Å²) in [4.78, 5) is 12.6. The van der Waals surface area contributed by atoms with Crippen LogP contribution in [0.1, 0.15) is 5.56 Å². The van der Waals surface area contributed by atoms with E-state index in [2.05, 4.69) is 0 Å². The van der Waals surface area contributed by atoms with Gasteiger partial charge in [-0.05, 0) is 48.0 Å². The minimum Gasteiger partial charge on any atom is -0.508 e. The van der Waals surface area contributed by atoms with E-state index in [1.807, 2.05) is 0 Å². The van der Waals surface area contributed by atoms with Gasteiger partial charge in [0.05, 0.1) is 25.3 Å². The third kappa shape index (κ3) is 8.52. The van der Waals surface area contributed by atoms with E-state index in [1.165, 1.54) is 67.8 Å². The minimum absolute atomic E-state index is 0.0285. The molecule has 5 unspecified atom stereocenters. The molecule has 3 aromatic carbocycles. The maximum Gasteiger partial charge on any atom is 0.402 e. The molecule has 10 N–H and O–H groups in total. The molecule has 1 aromatic heterocycles. The van der Waals surface area contributed by atoms with Gasteiger partial charge in [-0.15, -0.1) is 0 Å². The summed E-state index contributed by atoms with van der Waals surface area (Å²) in [6.07, 6.45) is -14.4. The van der Waals surface area contributed by atoms with Gasteiger partial charge in [0.25, 0.3) is 0 Å². The highest BCUT2D eigenvalue weighted by atomic mass is 16.7. The average molecular weight is 772 g/mol. The van der Waals surface area contributed by atoms with Crippen LogP contribution in [0.5, 0.6) is 34.5 Å². The van der Waals surface area contributed by atoms with Crippen molar-refractivity contribution >= 4 is 23.0 Å². The van der Waals surface area contributed by atoms with Gasteiger partial charge in [0, 0.05) is 18.2 Å². The SMILES string of the molecule is COc1cc(/C=C/C(=O)OCC2O[C@@H](Oc3cc4c(O[C@@H]5OC(CO)[C@@H](O)[C@H](O)C5O)cc(O)cc4[o+]c3-c3ccc(O)cc3)C(O)C(O)[C@@H]2O)ccc1O. The zero-order chi connectivity index (χ0) is 39.6. The number of hydrogen-bond acceptors (Lipinski definition) is 17. The van der Waals surface area contributed by atoms with Crippen LogP contribution in [0.25, 0.3) is 28.4 Å². The van der Waals surface area contributed by atoms with Gasteiger partial charge in [0.1, 0.15) is 78.1 Å². The van der Waals surface area contributed by atoms with E-state index in [0.29, 0.717) is 11.1 Å². The predicted octanol–water partition coefficient (Wildman–Crippen LogP) is 0.128. The van der Waals surface area contributed by atoms with E-state index in [-0.39, 0.29) is 51.2 Å². The Kier molecular flexibility index (Phi) is 11.9. The number of aromatic hydroxyl groups is 3. The molecule has 0 radical (unpaired) electrons. The fraction of sp³-hybridized carbons (Fsp3) is 0.351. The van der Waals surface area contributed by atoms with Crippen LogP contribution in [0, 0.1) is 0 Å². The maximum absolute atomic E-state index is 12.6. The van der Waals surface area contributed by atoms with Crippen molar-refractivity contribution < 1.29 is 88.7 Å². The maximum atomic E-state index is 12.6. The second kappa shape index (κ2) is 16.6. The van der Waals surface area contributed by atoms with Gasteiger partial charge in [-0.1, -0.05) is 6.07 Å². The Hall–Kier alpha value is -5.28. The molecule has 4 aromatic rings. The summed E-state index contributed by atoms with van der Waals surface area (Å²) in [5, 5.41) is 103. The smallest absolute Gasteiger partial charge is 0.402 e. The van der Waals surface area contributed by atoms with E-state index >= 15 is 0 Å². The molecule has 55 heavy (non-hydrogen) atoms. The summed E-state index contributed by atoms with van der Waals surface area (Å²) >= 11 is 0. The van der Waals surface area contributed by atoms with Crippen LogP contribution in [0.2, 0.25) is 0 Å². The summed E-state index contributed by atoms with van der Waals surface area (Å²) in [5.41, 5.74) is 0.776. The Morgan fingerprint density at radius 2 is 1.36 bits per heavy atom. The number of phenols is 3. The van der Waals surface area contributed by atoms with Gasteiger partial charge in [0.2, 0.25) is 18.3 Å². The number of carbonyl (C=O) groups excluding carboxylic acids is 1. The zero-order valence-electron chi connectivity index (χ0n) is 28.9. The Morgan fingerprint density at radius 1 is 0.727 bits per heavy atom. The van der Waals surface area contributed by atoms with Crippen molar-refractivity contribution in [3.05, 3.63) is 72.3 Å². The lowest BCUT2D eigenvalue weighted by atomic mass is 9.99. The number of phenolic OH excluding ortho intramolecular Hbond substituents is 3. The van der Waals surface area contributed by atoms with Crippen molar-refractivity contribution in [2.24, 2.45) is 0 Å². The molecule has 10 atom stereocenters. The van der Waals surface area contributed by atoms with Crippen molar-refractivity contribution in [2.75, 3.05) is 20.3 Å². The number of methoxy groups -OCH3 is 1. The highest BCUT2D eigenvalue weighted by Crippen LogP contribution is 2.42. The van der Waals surface area contributed by atoms with Crippen molar-refractivity contribution in [1.29, 1.82) is 0 Å². The first-order valence-electron chi connectivity index (χ1n) is 16.8. The fourth-order valence-corrected chi connectivity index (χ4v) is 5.91. The Bertz CT molecular complexity index is 2000. The molecule has 2 aliphatic rings. The molecule has 0 spiro atoms. The molecule has 2 aliphatic heterocycles. The molecule has 2 saturated heterocycles. The first-order chi connectivity index (χ1) is 26.3. The van der Waals surface area contributed by atoms with Crippen LogP contribution >= 0.6 is 0 Å². The molecular formula is C37H39O18+. The van der Waals surface area contributed by atoms with Gasteiger partial charge in [-0.25, -0.2) is 9.21 Å². The standard InChI is InChI=1S/C37H38O18/c1-49-24-10-16(2-8-21(24)41)3-9-28(42)50-15-27-30(44)32(46)34(48)37(55-27)53-25-13-20-22(51-35(25)17-4-6-18(39)7-5-17)11-19(40)12-23(20)52-36-33(47)31(45)29(43)26(14-38)54-36/h2-13,26-27,29-34,36-38,43-48H,14-15H2,1H3,(H2-,39,40,41,42)/p+1/t26?,27?,29-,30-,31+,32?,33?,34?,36-,37-/m1/s1. The number of benzene rings is 3. The first-order valence-corrected chi connectivity index (χ1v) is 16.8. The van der Waals surface area contributed by atoms with Crippen molar-refractivity contribution in [2.45, 2.75) is 61.4 Å². The second-order valence-corrected chi connectivity index (χ2v) is 12.7. The lowest BCUT2D eigenvalue weighted by Crippen LogP contribution is -2.60. The molecule has 0 bridgehead atoms. The van der Waals surface area contributed by atoms with E-state index in [9.17, 15) is 55.9 Å². The number of carbonyl (C=O) groups is 1. The van der Waals surface area contributed by atoms with Gasteiger partial charge in [0.15, 0.2) is 11.5 Å². The normalized spacial score (nSPS) is 28.2. The largest absolute Gasteiger partial charge is 0.508 e. The monoisotopic (exact) mass is 771 g/mol. The number of ether oxygens (including phenoxy) is 6. The summed E-state index contributed by atoms with van der Waals surface area (Å²) in [7, 11) is 1.36. The number of fused-ring (bicyclic) bond motifs is 1. The summed E-state index contributed by atoms with van der Waals surface area (Å²) in [6, 6.07) is 13.6. The minimum atomic E-state index is -1.88. The molecule has 18 heteroatoms. The summed E-state index contributed by atoms with van der Waals surface area (Å²) in [6.45, 7) is -1.33. The molecule has 0 amide bonds. The Morgan fingerprint density at radius 3 is 2.02 bits per heavy atom. The van der Waals surface area contributed by atoms with Crippen molar-refractivity contribution in [3.63, 3.8) is 0 Å². The number of aliphatic hydroxyl groups is 7. The molecule has 6 rings (SSSR count). The summed E-state index contributed by atoms with van der Waals surface area (Å²) < 4.78 is 39.5. The van der Waals surface area contributed by atoms with Crippen molar-refractivity contribution in [3.8, 4) is 45.8 Å². The molecule has 294 valence electrons.